The number of halogens is 2. The molecule has 1 saturated heterocycles. The van der Waals surface area contributed by atoms with Gasteiger partial charge in [0.1, 0.15) is 5.82 Å². The first-order chi connectivity index (χ1) is 13.0. The van der Waals surface area contributed by atoms with Crippen LogP contribution in [0.2, 0.25) is 0 Å². The van der Waals surface area contributed by atoms with Crippen molar-refractivity contribution in [3.8, 4) is 0 Å². The normalized spacial score (nSPS) is 16.5. The Morgan fingerprint density at radius 3 is 2.78 bits per heavy atom. The highest BCUT2D eigenvalue weighted by Crippen LogP contribution is 2.26. The molecule has 0 saturated carbocycles. The highest BCUT2D eigenvalue weighted by Gasteiger charge is 2.25. The molecule has 0 aliphatic carbocycles. The quantitative estimate of drug-likeness (QED) is 0.725. The van der Waals surface area contributed by atoms with Gasteiger partial charge in [0.2, 0.25) is 0 Å². The summed E-state index contributed by atoms with van der Waals surface area (Å²) in [5, 5.41) is 10.00. The monoisotopic (exact) mass is 438 g/mol. The van der Waals surface area contributed by atoms with Gasteiger partial charge in [0.05, 0.1) is 29.4 Å². The Hall–Kier alpha value is -1.77. The summed E-state index contributed by atoms with van der Waals surface area (Å²) >= 11 is 3.46. The molecule has 0 spiro atoms. The van der Waals surface area contributed by atoms with Gasteiger partial charge in [-0.3, -0.25) is 14.8 Å². The number of carbonyl (C=O) groups is 1. The standard InChI is InChI=1S/C19H24BrFN4O2/c1-12(2)17-16(20)18(24-23-17)19(26)22-11-15(25-6-8-27-9-7-25)13-4-3-5-14(21)10-13/h3-5,10,12,15H,6-9,11H2,1-2H3,(H,22,26)(H,23,24). The first-order valence-corrected chi connectivity index (χ1v) is 9.86. The molecule has 1 amide bonds. The molecule has 0 radical (unpaired) electrons. The van der Waals surface area contributed by atoms with Crippen molar-refractivity contribution in [2.75, 3.05) is 32.8 Å². The molecular weight excluding hydrogens is 415 g/mol. The number of amides is 1. The molecule has 1 unspecified atom stereocenters. The predicted octanol–water partition coefficient (Wildman–Crippen LogP) is 3.24. The summed E-state index contributed by atoms with van der Waals surface area (Å²) in [6.45, 7) is 7.14. The van der Waals surface area contributed by atoms with Gasteiger partial charge in [0.15, 0.2) is 5.69 Å². The van der Waals surface area contributed by atoms with E-state index < -0.39 is 0 Å². The van der Waals surface area contributed by atoms with Crippen LogP contribution in [0.15, 0.2) is 28.7 Å². The Labute approximate surface area is 166 Å². The van der Waals surface area contributed by atoms with Crippen molar-refractivity contribution in [2.45, 2.75) is 25.8 Å². The Morgan fingerprint density at radius 1 is 1.41 bits per heavy atom. The van der Waals surface area contributed by atoms with Crippen molar-refractivity contribution in [1.29, 1.82) is 0 Å². The molecule has 2 heterocycles. The van der Waals surface area contributed by atoms with Crippen molar-refractivity contribution in [2.24, 2.45) is 0 Å². The topological polar surface area (TPSA) is 70.2 Å². The molecule has 0 bridgehead atoms. The third kappa shape index (κ3) is 4.75. The van der Waals surface area contributed by atoms with Crippen LogP contribution in [0, 0.1) is 5.82 Å². The van der Waals surface area contributed by atoms with E-state index in [1.54, 1.807) is 6.07 Å². The minimum Gasteiger partial charge on any atom is -0.379 e. The minimum atomic E-state index is -0.284. The van der Waals surface area contributed by atoms with Crippen LogP contribution in [-0.2, 0) is 4.74 Å². The Kier molecular flexibility index (Phi) is 6.62. The van der Waals surface area contributed by atoms with Gasteiger partial charge in [-0.05, 0) is 39.5 Å². The van der Waals surface area contributed by atoms with Gasteiger partial charge in [-0.15, -0.1) is 0 Å². The zero-order valence-corrected chi connectivity index (χ0v) is 17.1. The molecular formula is C19H24BrFN4O2. The maximum absolute atomic E-state index is 13.7. The Morgan fingerprint density at radius 2 is 2.15 bits per heavy atom. The van der Waals surface area contributed by atoms with Crippen molar-refractivity contribution in [1.82, 2.24) is 20.4 Å². The summed E-state index contributed by atoms with van der Waals surface area (Å²) in [6, 6.07) is 6.40. The van der Waals surface area contributed by atoms with Gasteiger partial charge in [0, 0.05) is 19.6 Å². The number of carbonyl (C=O) groups excluding carboxylic acids is 1. The average Bonchev–Trinajstić information content (AvgIpc) is 3.04. The van der Waals surface area contributed by atoms with Gasteiger partial charge in [-0.2, -0.15) is 5.10 Å². The fourth-order valence-corrected chi connectivity index (χ4v) is 4.02. The number of hydrogen-bond donors (Lipinski definition) is 2. The second-order valence-corrected chi connectivity index (χ2v) is 7.68. The number of aromatic amines is 1. The van der Waals surface area contributed by atoms with E-state index in [4.69, 9.17) is 4.74 Å². The highest BCUT2D eigenvalue weighted by molar-refractivity contribution is 9.10. The molecule has 27 heavy (non-hydrogen) atoms. The second kappa shape index (κ2) is 8.95. The van der Waals surface area contributed by atoms with Gasteiger partial charge < -0.3 is 10.1 Å². The number of nitrogens with zero attached hydrogens (tertiary/aromatic N) is 2. The molecule has 1 aliphatic rings. The summed E-state index contributed by atoms with van der Waals surface area (Å²) in [5.74, 6) is -0.324. The lowest BCUT2D eigenvalue weighted by Crippen LogP contribution is -2.44. The zero-order chi connectivity index (χ0) is 19.4. The number of aromatic nitrogens is 2. The molecule has 6 nitrogen and oxygen atoms in total. The van der Waals surface area contributed by atoms with E-state index >= 15 is 0 Å². The minimum absolute atomic E-state index is 0.129. The van der Waals surface area contributed by atoms with Crippen molar-refractivity contribution in [3.05, 3.63) is 51.5 Å². The Balaban J connectivity index is 1.75. The molecule has 3 rings (SSSR count). The number of ether oxygens (including phenoxy) is 1. The average molecular weight is 439 g/mol. The van der Waals surface area contributed by atoms with Crippen molar-refractivity contribution < 1.29 is 13.9 Å². The Bertz CT molecular complexity index is 790. The number of morpholine rings is 1. The SMILES string of the molecule is CC(C)c1[nH]nc(C(=O)NCC(c2cccc(F)c2)N2CCOCC2)c1Br. The van der Waals surface area contributed by atoms with Gasteiger partial charge in [0.25, 0.3) is 5.91 Å². The predicted molar refractivity (Wildman–Crippen MR) is 104 cm³/mol. The van der Waals surface area contributed by atoms with Crippen LogP contribution in [0.3, 0.4) is 0 Å². The van der Waals surface area contributed by atoms with Crippen LogP contribution in [0.1, 0.15) is 47.6 Å². The lowest BCUT2D eigenvalue weighted by Gasteiger charge is -2.34. The fraction of sp³-hybridized carbons (Fsp3) is 0.474. The molecule has 2 aromatic rings. The zero-order valence-electron chi connectivity index (χ0n) is 15.5. The first-order valence-electron chi connectivity index (χ1n) is 9.06. The maximum atomic E-state index is 13.7. The van der Waals surface area contributed by atoms with Crippen molar-refractivity contribution >= 4 is 21.8 Å². The lowest BCUT2D eigenvalue weighted by molar-refractivity contribution is 0.0161. The summed E-state index contributed by atoms with van der Waals surface area (Å²) in [5.41, 5.74) is 2.05. The van der Waals surface area contributed by atoms with Gasteiger partial charge in [-0.25, -0.2) is 4.39 Å². The first kappa shape index (κ1) is 20.0. The van der Waals surface area contributed by atoms with Crippen LogP contribution >= 0.6 is 15.9 Å². The third-order valence-corrected chi connectivity index (χ3v) is 5.50. The van der Waals surface area contributed by atoms with Gasteiger partial charge in [-0.1, -0.05) is 26.0 Å². The molecule has 1 aromatic carbocycles. The number of hydrogen-bond acceptors (Lipinski definition) is 4. The molecule has 1 atom stereocenters. The van der Waals surface area contributed by atoms with E-state index in [0.717, 1.165) is 24.3 Å². The molecule has 8 heteroatoms. The van der Waals surface area contributed by atoms with E-state index in [0.29, 0.717) is 29.9 Å². The maximum Gasteiger partial charge on any atom is 0.273 e. The largest absolute Gasteiger partial charge is 0.379 e. The number of H-pyrrole nitrogens is 1. The number of benzene rings is 1. The fourth-order valence-electron chi connectivity index (χ4n) is 3.21. The van der Waals surface area contributed by atoms with E-state index in [9.17, 15) is 9.18 Å². The van der Waals surface area contributed by atoms with Crippen molar-refractivity contribution in [3.63, 3.8) is 0 Å². The number of rotatable bonds is 6. The lowest BCUT2D eigenvalue weighted by atomic mass is 10.0. The summed E-state index contributed by atoms with van der Waals surface area (Å²) in [7, 11) is 0. The third-order valence-electron chi connectivity index (χ3n) is 4.70. The number of nitrogens with one attached hydrogen (secondary N) is 2. The summed E-state index contributed by atoms with van der Waals surface area (Å²) < 4.78 is 19.8. The molecule has 1 aromatic heterocycles. The van der Waals surface area contributed by atoms with Crippen LogP contribution in [0.5, 0.6) is 0 Å². The van der Waals surface area contributed by atoms with Crippen LogP contribution < -0.4 is 5.32 Å². The van der Waals surface area contributed by atoms with E-state index in [-0.39, 0.29) is 23.7 Å². The highest BCUT2D eigenvalue weighted by atomic mass is 79.9. The molecule has 1 fully saturated rings. The van der Waals surface area contributed by atoms with Gasteiger partial charge >= 0.3 is 0 Å². The van der Waals surface area contributed by atoms with Crippen LogP contribution in [0.25, 0.3) is 0 Å². The van der Waals surface area contributed by atoms with Crippen LogP contribution in [-0.4, -0.2) is 53.9 Å². The summed E-state index contributed by atoms with van der Waals surface area (Å²) in [4.78, 5) is 14.9. The molecule has 1 aliphatic heterocycles. The van der Waals surface area contributed by atoms with E-state index in [1.807, 2.05) is 19.9 Å². The summed E-state index contributed by atoms with van der Waals surface area (Å²) in [6.07, 6.45) is 0. The van der Waals surface area contributed by atoms with E-state index in [2.05, 4.69) is 36.3 Å². The van der Waals surface area contributed by atoms with Crippen LogP contribution in [0.4, 0.5) is 4.39 Å². The molecule has 146 valence electrons. The van der Waals surface area contributed by atoms with E-state index in [1.165, 1.54) is 12.1 Å². The second-order valence-electron chi connectivity index (χ2n) is 6.88. The molecule has 2 N–H and O–H groups in total. The smallest absolute Gasteiger partial charge is 0.273 e.